The highest BCUT2D eigenvalue weighted by atomic mass is 32.1. The summed E-state index contributed by atoms with van der Waals surface area (Å²) in [5.74, 6) is 0.895. The SMILES string of the molecule is COc1cccc(C2CN(C(=S)NC3CC3)CC2C(=O)N(C)Cc2ccccc2)c1. The Morgan fingerprint density at radius 1 is 1.17 bits per heavy atom. The smallest absolute Gasteiger partial charge is 0.228 e. The number of nitrogens with one attached hydrogen (secondary N) is 1. The lowest BCUT2D eigenvalue weighted by molar-refractivity contribution is -0.134. The topological polar surface area (TPSA) is 44.8 Å². The van der Waals surface area contributed by atoms with Gasteiger partial charge in [0.05, 0.1) is 13.0 Å². The quantitative estimate of drug-likeness (QED) is 0.722. The molecule has 4 rings (SSSR count). The van der Waals surface area contributed by atoms with Crippen LogP contribution in [0.1, 0.15) is 29.9 Å². The van der Waals surface area contributed by atoms with Crippen molar-refractivity contribution >= 4 is 23.2 Å². The van der Waals surface area contributed by atoms with Crippen molar-refractivity contribution in [2.45, 2.75) is 31.3 Å². The molecule has 30 heavy (non-hydrogen) atoms. The summed E-state index contributed by atoms with van der Waals surface area (Å²) in [6.45, 7) is 1.98. The van der Waals surface area contributed by atoms with E-state index < -0.39 is 0 Å². The Balaban J connectivity index is 1.54. The molecule has 0 aromatic heterocycles. The minimum absolute atomic E-state index is 0.0739. The summed E-state index contributed by atoms with van der Waals surface area (Å²) in [5, 5.41) is 4.20. The van der Waals surface area contributed by atoms with Crippen LogP contribution in [0.15, 0.2) is 54.6 Å². The van der Waals surface area contributed by atoms with E-state index in [-0.39, 0.29) is 17.7 Å². The van der Waals surface area contributed by atoms with E-state index in [1.807, 2.05) is 48.3 Å². The summed E-state index contributed by atoms with van der Waals surface area (Å²) in [5.41, 5.74) is 2.25. The van der Waals surface area contributed by atoms with Gasteiger partial charge in [-0.1, -0.05) is 42.5 Å². The lowest BCUT2D eigenvalue weighted by Crippen LogP contribution is -2.40. The molecule has 0 bridgehead atoms. The van der Waals surface area contributed by atoms with Crippen molar-refractivity contribution < 1.29 is 9.53 Å². The van der Waals surface area contributed by atoms with Gasteiger partial charge in [-0.05, 0) is 48.3 Å². The van der Waals surface area contributed by atoms with Crippen molar-refractivity contribution in [2.75, 3.05) is 27.2 Å². The number of ether oxygens (including phenoxy) is 1. The van der Waals surface area contributed by atoms with Gasteiger partial charge < -0.3 is 19.9 Å². The van der Waals surface area contributed by atoms with Gasteiger partial charge in [0.2, 0.25) is 5.91 Å². The molecule has 2 atom stereocenters. The van der Waals surface area contributed by atoms with Crippen molar-refractivity contribution in [1.82, 2.24) is 15.1 Å². The monoisotopic (exact) mass is 423 g/mol. The third kappa shape index (κ3) is 4.75. The third-order valence-corrected chi connectivity index (χ3v) is 6.37. The molecule has 1 amide bonds. The van der Waals surface area contributed by atoms with Crippen LogP contribution in [0, 0.1) is 5.92 Å². The van der Waals surface area contributed by atoms with Crippen LogP contribution < -0.4 is 10.1 Å². The Kier molecular flexibility index (Phi) is 6.23. The van der Waals surface area contributed by atoms with Crippen LogP contribution in [0.4, 0.5) is 0 Å². The number of methoxy groups -OCH3 is 1. The predicted octanol–water partition coefficient (Wildman–Crippen LogP) is 3.41. The highest BCUT2D eigenvalue weighted by Crippen LogP contribution is 2.36. The van der Waals surface area contributed by atoms with Gasteiger partial charge in [-0.15, -0.1) is 0 Å². The number of benzene rings is 2. The largest absolute Gasteiger partial charge is 0.497 e. The molecule has 1 saturated carbocycles. The molecule has 158 valence electrons. The second-order valence-electron chi connectivity index (χ2n) is 8.30. The number of carbonyl (C=O) groups excluding carboxylic acids is 1. The maximum Gasteiger partial charge on any atom is 0.228 e. The number of rotatable bonds is 6. The van der Waals surface area contributed by atoms with Gasteiger partial charge in [-0.2, -0.15) is 0 Å². The van der Waals surface area contributed by atoms with Gasteiger partial charge in [-0.25, -0.2) is 0 Å². The molecule has 2 aromatic carbocycles. The molecule has 2 fully saturated rings. The van der Waals surface area contributed by atoms with Crippen LogP contribution in [0.3, 0.4) is 0 Å². The van der Waals surface area contributed by atoms with E-state index in [2.05, 4.69) is 28.4 Å². The Labute approximate surface area is 184 Å². The molecule has 1 aliphatic carbocycles. The fourth-order valence-electron chi connectivity index (χ4n) is 4.14. The van der Waals surface area contributed by atoms with Crippen LogP contribution in [0.25, 0.3) is 0 Å². The maximum absolute atomic E-state index is 13.5. The van der Waals surface area contributed by atoms with Crippen LogP contribution in [-0.2, 0) is 11.3 Å². The van der Waals surface area contributed by atoms with Crippen molar-refractivity contribution in [3.63, 3.8) is 0 Å². The molecule has 2 unspecified atom stereocenters. The summed E-state index contributed by atoms with van der Waals surface area (Å²) in [6, 6.07) is 18.7. The summed E-state index contributed by atoms with van der Waals surface area (Å²) in [4.78, 5) is 17.5. The van der Waals surface area contributed by atoms with E-state index in [1.165, 1.54) is 12.8 Å². The summed E-state index contributed by atoms with van der Waals surface area (Å²) >= 11 is 5.66. The molecule has 1 N–H and O–H groups in total. The fourth-order valence-corrected chi connectivity index (χ4v) is 4.46. The van der Waals surface area contributed by atoms with Gasteiger partial charge in [0, 0.05) is 38.6 Å². The second-order valence-corrected chi connectivity index (χ2v) is 8.68. The first kappa shape index (κ1) is 20.7. The summed E-state index contributed by atoms with van der Waals surface area (Å²) in [7, 11) is 3.56. The molecular formula is C24H29N3O2S. The second kappa shape index (κ2) is 9.04. The van der Waals surface area contributed by atoms with Crippen LogP contribution >= 0.6 is 12.2 Å². The van der Waals surface area contributed by atoms with Gasteiger partial charge in [-0.3, -0.25) is 4.79 Å². The first-order valence-corrected chi connectivity index (χ1v) is 10.9. The third-order valence-electron chi connectivity index (χ3n) is 5.99. The molecule has 1 saturated heterocycles. The van der Waals surface area contributed by atoms with E-state index >= 15 is 0 Å². The number of likely N-dealkylation sites (tertiary alicyclic amines) is 1. The lowest BCUT2D eigenvalue weighted by Gasteiger charge is -2.25. The zero-order chi connectivity index (χ0) is 21.1. The number of hydrogen-bond donors (Lipinski definition) is 1. The minimum Gasteiger partial charge on any atom is -0.497 e. The van der Waals surface area contributed by atoms with Crippen LogP contribution in [0.5, 0.6) is 5.75 Å². The molecule has 1 aliphatic heterocycles. The predicted molar refractivity (Wildman–Crippen MR) is 122 cm³/mol. The summed E-state index contributed by atoms with van der Waals surface area (Å²) in [6.07, 6.45) is 2.35. The fraction of sp³-hybridized carbons (Fsp3) is 0.417. The van der Waals surface area contributed by atoms with E-state index in [4.69, 9.17) is 17.0 Å². The zero-order valence-corrected chi connectivity index (χ0v) is 18.4. The van der Waals surface area contributed by atoms with E-state index in [1.54, 1.807) is 7.11 Å². The first-order chi connectivity index (χ1) is 14.5. The van der Waals surface area contributed by atoms with Crippen molar-refractivity contribution in [3.8, 4) is 5.75 Å². The number of thiocarbonyl (C=S) groups is 1. The summed E-state index contributed by atoms with van der Waals surface area (Å²) < 4.78 is 5.42. The van der Waals surface area contributed by atoms with Crippen molar-refractivity contribution in [3.05, 3.63) is 65.7 Å². The van der Waals surface area contributed by atoms with E-state index in [9.17, 15) is 4.79 Å². The van der Waals surface area contributed by atoms with Crippen LogP contribution in [0.2, 0.25) is 0 Å². The van der Waals surface area contributed by atoms with Gasteiger partial charge in [0.25, 0.3) is 0 Å². The molecular weight excluding hydrogens is 394 g/mol. The maximum atomic E-state index is 13.5. The highest BCUT2D eigenvalue weighted by molar-refractivity contribution is 7.80. The number of nitrogens with zero attached hydrogens (tertiary/aromatic N) is 2. The van der Waals surface area contributed by atoms with Gasteiger partial charge >= 0.3 is 0 Å². The average Bonchev–Trinajstić information content (AvgIpc) is 3.47. The number of amides is 1. The molecule has 1 heterocycles. The van der Waals surface area contributed by atoms with Crippen molar-refractivity contribution in [2.24, 2.45) is 5.92 Å². The van der Waals surface area contributed by atoms with Gasteiger partial charge in [0.15, 0.2) is 5.11 Å². The first-order valence-electron chi connectivity index (χ1n) is 10.5. The molecule has 2 aromatic rings. The number of hydrogen-bond acceptors (Lipinski definition) is 3. The van der Waals surface area contributed by atoms with Gasteiger partial charge in [0.1, 0.15) is 5.75 Å². The standard InChI is InChI=1S/C24H29N3O2S/c1-26(14-17-7-4-3-5-8-17)23(28)22-16-27(24(30)25-19-11-12-19)15-21(22)18-9-6-10-20(13-18)29-2/h3-10,13,19,21-22H,11-12,14-16H2,1-2H3,(H,25,30). The zero-order valence-electron chi connectivity index (χ0n) is 17.6. The molecule has 5 nitrogen and oxygen atoms in total. The lowest BCUT2D eigenvalue weighted by atomic mass is 9.88. The molecule has 6 heteroatoms. The molecule has 2 aliphatic rings. The van der Waals surface area contributed by atoms with E-state index in [0.717, 1.165) is 28.5 Å². The Bertz CT molecular complexity index is 900. The minimum atomic E-state index is -0.148. The van der Waals surface area contributed by atoms with Crippen molar-refractivity contribution in [1.29, 1.82) is 0 Å². The highest BCUT2D eigenvalue weighted by Gasteiger charge is 2.41. The molecule has 0 radical (unpaired) electrons. The number of carbonyl (C=O) groups is 1. The Hall–Kier alpha value is -2.60. The average molecular weight is 424 g/mol. The molecule has 0 spiro atoms. The van der Waals surface area contributed by atoms with E-state index in [0.29, 0.717) is 19.1 Å². The Morgan fingerprint density at radius 2 is 1.93 bits per heavy atom. The normalized spacial score (nSPS) is 20.7. The van der Waals surface area contributed by atoms with Crippen LogP contribution in [-0.4, -0.2) is 54.1 Å². The Morgan fingerprint density at radius 3 is 2.63 bits per heavy atom.